The molecule has 21 heavy (non-hydrogen) atoms. The maximum Gasteiger partial charge on any atom is 0.404 e. The van der Waals surface area contributed by atoms with Gasteiger partial charge in [-0.15, -0.1) is 0 Å². The van der Waals surface area contributed by atoms with Crippen molar-refractivity contribution >= 4 is 17.0 Å². The van der Waals surface area contributed by atoms with Gasteiger partial charge in [0.25, 0.3) is 0 Å². The van der Waals surface area contributed by atoms with Crippen LogP contribution in [0.3, 0.4) is 0 Å². The Morgan fingerprint density at radius 2 is 1.95 bits per heavy atom. The summed E-state index contributed by atoms with van der Waals surface area (Å²) in [6.45, 7) is 1.11. The number of nitrogens with one attached hydrogen (secondary N) is 1. The molecule has 0 saturated heterocycles. The molecule has 1 amide bonds. The van der Waals surface area contributed by atoms with Gasteiger partial charge in [0.15, 0.2) is 0 Å². The Bertz CT molecular complexity index is 766. The average Bonchev–Trinajstić information content (AvgIpc) is 2.89. The molecule has 2 N–H and O–H groups in total. The molecule has 0 aliphatic rings. The van der Waals surface area contributed by atoms with E-state index in [0.717, 1.165) is 23.0 Å². The van der Waals surface area contributed by atoms with Crippen molar-refractivity contribution in [1.29, 1.82) is 0 Å². The van der Waals surface area contributed by atoms with Gasteiger partial charge in [-0.05, 0) is 46.8 Å². The number of benzene rings is 1. The predicted molar refractivity (Wildman–Crippen MR) is 80.1 cm³/mol. The second-order valence-corrected chi connectivity index (χ2v) is 4.85. The maximum absolute atomic E-state index is 10.5. The Morgan fingerprint density at radius 1 is 1.14 bits per heavy atom. The summed E-state index contributed by atoms with van der Waals surface area (Å²) in [5.74, 6) is 0. The first kappa shape index (κ1) is 13.2. The lowest BCUT2D eigenvalue weighted by molar-refractivity contribution is 0.194. The topological polar surface area (TPSA) is 67.2 Å². The zero-order valence-electron chi connectivity index (χ0n) is 11.4. The van der Waals surface area contributed by atoms with Crippen molar-refractivity contribution < 1.29 is 9.90 Å². The number of nitrogens with zero attached hydrogens (tertiary/aromatic N) is 2. The Labute approximate surface area is 121 Å². The monoisotopic (exact) mass is 281 g/mol. The van der Waals surface area contributed by atoms with Crippen LogP contribution in [0.15, 0.2) is 55.0 Å². The van der Waals surface area contributed by atoms with Crippen molar-refractivity contribution in [1.82, 2.24) is 14.9 Å². The van der Waals surface area contributed by atoms with E-state index in [1.54, 1.807) is 12.4 Å². The molecule has 106 valence electrons. The zero-order valence-corrected chi connectivity index (χ0v) is 11.4. The molecular formula is C16H15N3O2. The van der Waals surface area contributed by atoms with Gasteiger partial charge in [0, 0.05) is 37.2 Å². The van der Waals surface area contributed by atoms with E-state index in [2.05, 4.69) is 14.9 Å². The highest BCUT2D eigenvalue weighted by molar-refractivity contribution is 5.81. The first-order chi connectivity index (χ1) is 10.2. The summed E-state index contributed by atoms with van der Waals surface area (Å²) in [6.07, 6.45) is 4.61. The van der Waals surface area contributed by atoms with Crippen molar-refractivity contribution in [2.45, 2.75) is 13.1 Å². The minimum Gasteiger partial charge on any atom is -0.465 e. The van der Waals surface area contributed by atoms with E-state index in [-0.39, 0.29) is 0 Å². The van der Waals surface area contributed by atoms with E-state index >= 15 is 0 Å². The van der Waals surface area contributed by atoms with Gasteiger partial charge >= 0.3 is 6.09 Å². The van der Waals surface area contributed by atoms with Crippen LogP contribution in [0, 0.1) is 0 Å². The molecule has 0 aliphatic carbocycles. The number of aromatic nitrogens is 2. The summed E-state index contributed by atoms with van der Waals surface area (Å²) >= 11 is 0. The Morgan fingerprint density at radius 3 is 2.71 bits per heavy atom. The number of hydrogen-bond acceptors (Lipinski definition) is 2. The zero-order chi connectivity index (χ0) is 14.7. The summed E-state index contributed by atoms with van der Waals surface area (Å²) in [5.41, 5.74) is 3.27. The van der Waals surface area contributed by atoms with Gasteiger partial charge in [-0.25, -0.2) is 4.79 Å². The van der Waals surface area contributed by atoms with Crippen LogP contribution in [0.25, 0.3) is 10.9 Å². The maximum atomic E-state index is 10.5. The summed E-state index contributed by atoms with van der Waals surface area (Å²) in [5, 5.41) is 12.1. The number of amides is 1. The third-order valence-electron chi connectivity index (χ3n) is 3.38. The van der Waals surface area contributed by atoms with E-state index in [1.807, 2.05) is 42.6 Å². The molecule has 0 radical (unpaired) electrons. The summed E-state index contributed by atoms with van der Waals surface area (Å²) in [4.78, 5) is 14.5. The van der Waals surface area contributed by atoms with Gasteiger partial charge in [-0.2, -0.15) is 0 Å². The first-order valence-corrected chi connectivity index (χ1v) is 6.66. The fourth-order valence-electron chi connectivity index (χ4n) is 2.36. The predicted octanol–water partition coefficient (Wildman–Crippen LogP) is 2.85. The molecule has 0 bridgehead atoms. The van der Waals surface area contributed by atoms with E-state index in [4.69, 9.17) is 5.11 Å². The van der Waals surface area contributed by atoms with Crippen molar-refractivity contribution in [3.8, 4) is 0 Å². The van der Waals surface area contributed by atoms with Crippen LogP contribution in [-0.4, -0.2) is 20.8 Å². The molecule has 5 heteroatoms. The highest BCUT2D eigenvalue weighted by Crippen LogP contribution is 2.19. The van der Waals surface area contributed by atoms with E-state index in [1.165, 1.54) is 5.56 Å². The summed E-state index contributed by atoms with van der Waals surface area (Å²) in [6, 6.07) is 12.0. The second kappa shape index (κ2) is 5.66. The number of hydrogen-bond donors (Lipinski definition) is 2. The van der Waals surface area contributed by atoms with Gasteiger partial charge in [-0.3, -0.25) is 4.98 Å². The van der Waals surface area contributed by atoms with Crippen LogP contribution < -0.4 is 5.32 Å². The highest BCUT2D eigenvalue weighted by atomic mass is 16.4. The standard InChI is InChI=1S/C16H15N3O2/c20-16(21)18-10-13-1-2-15-14(9-13)5-8-19(15)11-12-3-6-17-7-4-12/h1-9,18H,10-11H2,(H,20,21). The van der Waals surface area contributed by atoms with Crippen LogP contribution in [0.5, 0.6) is 0 Å². The van der Waals surface area contributed by atoms with Gasteiger partial charge < -0.3 is 15.0 Å². The molecule has 1 aromatic carbocycles. The van der Waals surface area contributed by atoms with E-state index in [9.17, 15) is 4.79 Å². The highest BCUT2D eigenvalue weighted by Gasteiger charge is 2.04. The Kier molecular flexibility index (Phi) is 3.55. The number of rotatable bonds is 4. The summed E-state index contributed by atoms with van der Waals surface area (Å²) < 4.78 is 2.17. The number of carboxylic acid groups (broad SMARTS) is 1. The lowest BCUT2D eigenvalue weighted by atomic mass is 10.1. The van der Waals surface area contributed by atoms with Gasteiger partial charge in [0.2, 0.25) is 0 Å². The van der Waals surface area contributed by atoms with Crippen LogP contribution in [0.2, 0.25) is 0 Å². The van der Waals surface area contributed by atoms with Crippen LogP contribution >= 0.6 is 0 Å². The van der Waals surface area contributed by atoms with Crippen LogP contribution in [0.1, 0.15) is 11.1 Å². The fourth-order valence-corrected chi connectivity index (χ4v) is 2.36. The number of carbonyl (C=O) groups is 1. The molecule has 0 saturated carbocycles. The van der Waals surface area contributed by atoms with Gasteiger partial charge in [-0.1, -0.05) is 6.07 Å². The second-order valence-electron chi connectivity index (χ2n) is 4.85. The third kappa shape index (κ3) is 3.02. The lowest BCUT2D eigenvalue weighted by Gasteiger charge is -2.06. The third-order valence-corrected chi connectivity index (χ3v) is 3.38. The van der Waals surface area contributed by atoms with E-state index < -0.39 is 6.09 Å². The summed E-state index contributed by atoms with van der Waals surface area (Å²) in [7, 11) is 0. The average molecular weight is 281 g/mol. The molecule has 0 atom stereocenters. The van der Waals surface area contributed by atoms with Crippen LogP contribution in [-0.2, 0) is 13.1 Å². The van der Waals surface area contributed by atoms with Crippen LogP contribution in [0.4, 0.5) is 4.79 Å². The molecule has 3 aromatic rings. The first-order valence-electron chi connectivity index (χ1n) is 6.66. The smallest absolute Gasteiger partial charge is 0.404 e. The minimum atomic E-state index is -1.01. The quantitative estimate of drug-likeness (QED) is 0.772. The molecule has 0 unspecified atom stereocenters. The SMILES string of the molecule is O=C(O)NCc1ccc2c(ccn2Cc2ccncc2)c1. The number of fused-ring (bicyclic) bond motifs is 1. The largest absolute Gasteiger partial charge is 0.465 e. The fraction of sp³-hybridized carbons (Fsp3) is 0.125. The minimum absolute atomic E-state index is 0.320. The molecule has 3 rings (SSSR count). The van der Waals surface area contributed by atoms with Gasteiger partial charge in [0.05, 0.1) is 0 Å². The Hall–Kier alpha value is -2.82. The van der Waals surface area contributed by atoms with Crippen molar-refractivity contribution in [2.75, 3.05) is 0 Å². The molecule has 0 spiro atoms. The van der Waals surface area contributed by atoms with Gasteiger partial charge in [0.1, 0.15) is 0 Å². The lowest BCUT2D eigenvalue weighted by Crippen LogP contribution is -2.19. The van der Waals surface area contributed by atoms with E-state index in [0.29, 0.717) is 6.54 Å². The molecule has 5 nitrogen and oxygen atoms in total. The molecule has 0 aliphatic heterocycles. The molecule has 2 aromatic heterocycles. The van der Waals surface area contributed by atoms with Crippen molar-refractivity contribution in [3.63, 3.8) is 0 Å². The normalized spacial score (nSPS) is 10.7. The molecule has 2 heterocycles. The van der Waals surface area contributed by atoms with Crippen molar-refractivity contribution in [2.24, 2.45) is 0 Å². The number of pyridine rings is 1. The molecule has 0 fully saturated rings. The Balaban J connectivity index is 1.84. The van der Waals surface area contributed by atoms with Crippen molar-refractivity contribution in [3.05, 3.63) is 66.1 Å². The molecular weight excluding hydrogens is 266 g/mol.